The minimum Gasteiger partial charge on any atom is -0.468 e. The Morgan fingerprint density at radius 3 is 2.60 bits per heavy atom. The topological polar surface area (TPSA) is 34.4 Å². The SMILES string of the molecule is BNC(c1ccc(OC)o1)c1cccc2ccccc12. The summed E-state index contributed by atoms with van der Waals surface area (Å²) in [5.41, 5.74) is 1.20. The van der Waals surface area contributed by atoms with Crippen LogP contribution in [-0.4, -0.2) is 15.1 Å². The molecule has 0 saturated heterocycles. The highest BCUT2D eigenvalue weighted by Crippen LogP contribution is 2.31. The first-order valence-electron chi connectivity index (χ1n) is 6.62. The molecule has 100 valence electrons. The van der Waals surface area contributed by atoms with E-state index in [9.17, 15) is 0 Å². The minimum atomic E-state index is 0.00463. The number of nitrogens with one attached hydrogen (secondary N) is 1. The second-order valence-corrected chi connectivity index (χ2v) is 4.65. The molecule has 0 amide bonds. The zero-order valence-electron chi connectivity index (χ0n) is 11.6. The van der Waals surface area contributed by atoms with E-state index >= 15 is 0 Å². The van der Waals surface area contributed by atoms with Gasteiger partial charge in [-0.25, -0.2) is 0 Å². The lowest BCUT2D eigenvalue weighted by Crippen LogP contribution is -2.18. The smallest absolute Gasteiger partial charge is 0.284 e. The van der Waals surface area contributed by atoms with Gasteiger partial charge in [0.25, 0.3) is 5.95 Å². The van der Waals surface area contributed by atoms with Gasteiger partial charge in [0.1, 0.15) is 5.76 Å². The number of ether oxygens (including phenoxy) is 1. The highest BCUT2D eigenvalue weighted by atomic mass is 16.6. The molecule has 1 N–H and O–H groups in total. The molecule has 1 aromatic heterocycles. The first-order valence-corrected chi connectivity index (χ1v) is 6.62. The van der Waals surface area contributed by atoms with Crippen LogP contribution in [0.3, 0.4) is 0 Å². The molecule has 0 fully saturated rings. The van der Waals surface area contributed by atoms with Crippen molar-refractivity contribution >= 4 is 18.8 Å². The number of fused-ring (bicyclic) bond motifs is 1. The Bertz CT molecular complexity index is 718. The van der Waals surface area contributed by atoms with Gasteiger partial charge in [-0.2, -0.15) is 0 Å². The molecule has 1 unspecified atom stereocenters. The number of hydrogen-bond donors (Lipinski definition) is 1. The normalized spacial score (nSPS) is 12.4. The molecule has 0 aliphatic heterocycles. The molecule has 0 bridgehead atoms. The molecule has 0 aliphatic carbocycles. The molecule has 3 nitrogen and oxygen atoms in total. The molecule has 2 aromatic carbocycles. The number of hydrogen-bond acceptors (Lipinski definition) is 3. The number of furan rings is 1. The third kappa shape index (κ3) is 2.19. The van der Waals surface area contributed by atoms with E-state index in [-0.39, 0.29) is 6.04 Å². The van der Waals surface area contributed by atoms with Crippen LogP contribution in [0.1, 0.15) is 17.4 Å². The first-order chi connectivity index (χ1) is 9.83. The molecule has 1 atom stereocenters. The molecule has 3 aromatic rings. The van der Waals surface area contributed by atoms with Crippen molar-refractivity contribution in [1.29, 1.82) is 0 Å². The average molecular weight is 265 g/mol. The molecule has 1 heterocycles. The summed E-state index contributed by atoms with van der Waals surface area (Å²) in [4.78, 5) is 0. The fraction of sp³-hybridized carbons (Fsp3) is 0.125. The van der Waals surface area contributed by atoms with Crippen LogP contribution in [0.5, 0.6) is 5.95 Å². The van der Waals surface area contributed by atoms with Crippen molar-refractivity contribution in [2.75, 3.05) is 7.11 Å². The van der Waals surface area contributed by atoms with E-state index in [1.54, 1.807) is 7.11 Å². The van der Waals surface area contributed by atoms with Gasteiger partial charge in [-0.3, -0.25) is 0 Å². The van der Waals surface area contributed by atoms with Crippen molar-refractivity contribution in [1.82, 2.24) is 5.23 Å². The highest BCUT2D eigenvalue weighted by Gasteiger charge is 2.18. The summed E-state index contributed by atoms with van der Waals surface area (Å²) in [6.45, 7) is 0. The van der Waals surface area contributed by atoms with E-state index in [1.165, 1.54) is 16.3 Å². The molecule has 0 aliphatic rings. The Morgan fingerprint density at radius 1 is 1.05 bits per heavy atom. The second kappa shape index (κ2) is 5.43. The summed E-state index contributed by atoms with van der Waals surface area (Å²) in [5, 5.41) is 5.77. The summed E-state index contributed by atoms with van der Waals surface area (Å²) < 4.78 is 10.8. The fourth-order valence-electron chi connectivity index (χ4n) is 2.55. The Hall–Kier alpha value is -2.20. The zero-order valence-corrected chi connectivity index (χ0v) is 11.6. The van der Waals surface area contributed by atoms with Gasteiger partial charge in [-0.15, -0.1) is 0 Å². The van der Waals surface area contributed by atoms with E-state index in [0.717, 1.165) is 5.76 Å². The predicted octanol–water partition coefficient (Wildman–Crippen LogP) is 2.67. The van der Waals surface area contributed by atoms with Crippen LogP contribution < -0.4 is 9.96 Å². The molecule has 20 heavy (non-hydrogen) atoms. The Morgan fingerprint density at radius 2 is 1.85 bits per heavy atom. The Kier molecular flexibility index (Phi) is 3.48. The lowest BCUT2D eigenvalue weighted by Gasteiger charge is -2.16. The second-order valence-electron chi connectivity index (χ2n) is 4.65. The van der Waals surface area contributed by atoms with E-state index in [2.05, 4.69) is 47.7 Å². The molecular formula is C16H16BNO2. The van der Waals surface area contributed by atoms with Gasteiger partial charge in [0, 0.05) is 6.07 Å². The number of methoxy groups -OCH3 is 1. The van der Waals surface area contributed by atoms with Gasteiger partial charge in [-0.05, 0) is 22.4 Å². The molecule has 0 saturated carbocycles. The number of rotatable bonds is 4. The van der Waals surface area contributed by atoms with Gasteiger partial charge >= 0.3 is 0 Å². The van der Waals surface area contributed by atoms with E-state index in [1.807, 2.05) is 20.1 Å². The Balaban J connectivity index is 2.11. The van der Waals surface area contributed by atoms with Crippen molar-refractivity contribution in [3.05, 3.63) is 65.9 Å². The largest absolute Gasteiger partial charge is 0.468 e. The van der Waals surface area contributed by atoms with Crippen molar-refractivity contribution in [3.63, 3.8) is 0 Å². The summed E-state index contributed by atoms with van der Waals surface area (Å²) >= 11 is 0. The molecule has 0 spiro atoms. The summed E-state index contributed by atoms with van der Waals surface area (Å²) in [6.07, 6.45) is 0. The Labute approximate surface area is 119 Å². The van der Waals surface area contributed by atoms with Crippen LogP contribution >= 0.6 is 0 Å². The van der Waals surface area contributed by atoms with E-state index in [4.69, 9.17) is 9.15 Å². The van der Waals surface area contributed by atoms with Crippen LogP contribution in [0.15, 0.2) is 59.0 Å². The maximum Gasteiger partial charge on any atom is 0.284 e. The van der Waals surface area contributed by atoms with Crippen LogP contribution in [0.25, 0.3) is 10.8 Å². The third-order valence-electron chi connectivity index (χ3n) is 3.51. The molecule has 3 rings (SSSR count). The lowest BCUT2D eigenvalue weighted by molar-refractivity contribution is 0.290. The maximum absolute atomic E-state index is 5.70. The summed E-state index contributed by atoms with van der Waals surface area (Å²) in [7, 11) is 3.54. The van der Waals surface area contributed by atoms with Crippen LogP contribution in [0, 0.1) is 0 Å². The van der Waals surface area contributed by atoms with Gasteiger partial charge in [0.15, 0.2) is 7.98 Å². The number of benzene rings is 2. The van der Waals surface area contributed by atoms with Crippen LogP contribution in [0.2, 0.25) is 0 Å². The molecular weight excluding hydrogens is 249 g/mol. The first kappa shape index (κ1) is 12.8. The molecule has 4 heteroatoms. The van der Waals surface area contributed by atoms with Gasteiger partial charge in [0.05, 0.1) is 13.2 Å². The van der Waals surface area contributed by atoms with Gasteiger partial charge in [0.2, 0.25) is 0 Å². The van der Waals surface area contributed by atoms with E-state index in [0.29, 0.717) is 5.95 Å². The van der Waals surface area contributed by atoms with Crippen molar-refractivity contribution in [2.45, 2.75) is 6.04 Å². The van der Waals surface area contributed by atoms with Crippen LogP contribution in [-0.2, 0) is 0 Å². The predicted molar refractivity (Wildman–Crippen MR) is 82.7 cm³/mol. The van der Waals surface area contributed by atoms with Crippen molar-refractivity contribution in [2.24, 2.45) is 0 Å². The fourth-order valence-corrected chi connectivity index (χ4v) is 2.55. The maximum atomic E-state index is 5.70. The van der Waals surface area contributed by atoms with Crippen molar-refractivity contribution in [3.8, 4) is 5.95 Å². The quantitative estimate of drug-likeness (QED) is 0.736. The van der Waals surface area contributed by atoms with Crippen molar-refractivity contribution < 1.29 is 9.15 Å². The summed E-state index contributed by atoms with van der Waals surface area (Å²) in [6, 6.07) is 18.5. The molecule has 0 radical (unpaired) electrons. The zero-order chi connectivity index (χ0) is 13.9. The lowest BCUT2D eigenvalue weighted by atomic mass is 9.96. The van der Waals surface area contributed by atoms with E-state index < -0.39 is 0 Å². The summed E-state index contributed by atoms with van der Waals surface area (Å²) in [5.74, 6) is 1.38. The minimum absolute atomic E-state index is 0.00463. The van der Waals surface area contributed by atoms with Gasteiger partial charge in [-0.1, -0.05) is 42.5 Å². The monoisotopic (exact) mass is 265 g/mol. The van der Waals surface area contributed by atoms with Crippen LogP contribution in [0.4, 0.5) is 0 Å². The highest BCUT2D eigenvalue weighted by molar-refractivity contribution is 6.05. The standard InChI is InChI=1S/C16H16BNO2/c1-19-15-10-9-14(20-15)16(18-17)13-8-4-6-11-5-2-3-7-12(11)13/h2-10,16,18H,17H2,1H3. The average Bonchev–Trinajstić information content (AvgIpc) is 2.97. The third-order valence-corrected chi connectivity index (χ3v) is 3.51. The van der Waals surface area contributed by atoms with Gasteiger partial charge < -0.3 is 14.4 Å².